The highest BCUT2D eigenvalue weighted by molar-refractivity contribution is 9.10. The molecule has 1 heterocycles. The summed E-state index contributed by atoms with van der Waals surface area (Å²) in [7, 11) is 0.858. The molecular formula is C5H2BrClN2O4S. The maximum absolute atomic E-state index is 10.9. The van der Waals surface area contributed by atoms with E-state index in [-0.39, 0.29) is 4.60 Å². The zero-order valence-electron chi connectivity index (χ0n) is 6.35. The normalized spacial score (nSPS) is 11.3. The molecule has 0 radical (unpaired) electrons. The molecule has 0 unspecified atom stereocenters. The Kier molecular flexibility index (Phi) is 3.07. The standard InChI is InChI=1S/C5H2BrClN2O4S/c6-5-1-4(14(7,12)13)3(2-8-5)9(10)11/h1-2H. The highest BCUT2D eigenvalue weighted by atomic mass is 79.9. The molecule has 1 aromatic heterocycles. The minimum atomic E-state index is -4.14. The summed E-state index contributed by atoms with van der Waals surface area (Å²) in [5, 5.41) is 10.4. The predicted molar refractivity (Wildman–Crippen MR) is 51.6 cm³/mol. The fraction of sp³-hybridized carbons (Fsp3) is 0. The Morgan fingerprint density at radius 3 is 2.57 bits per heavy atom. The van der Waals surface area contributed by atoms with Gasteiger partial charge < -0.3 is 0 Å². The Morgan fingerprint density at radius 1 is 1.57 bits per heavy atom. The van der Waals surface area contributed by atoms with E-state index in [1.807, 2.05) is 0 Å². The molecule has 1 rings (SSSR count). The van der Waals surface area contributed by atoms with Crippen LogP contribution in [0.5, 0.6) is 0 Å². The van der Waals surface area contributed by atoms with Crippen LogP contribution in [0.25, 0.3) is 0 Å². The second kappa shape index (κ2) is 3.79. The van der Waals surface area contributed by atoms with Gasteiger partial charge in [0.1, 0.15) is 10.8 Å². The molecule has 6 nitrogen and oxygen atoms in total. The monoisotopic (exact) mass is 300 g/mol. The van der Waals surface area contributed by atoms with Crippen molar-refractivity contribution in [3.8, 4) is 0 Å². The van der Waals surface area contributed by atoms with E-state index in [1.165, 1.54) is 0 Å². The van der Waals surface area contributed by atoms with Crippen molar-refractivity contribution in [2.24, 2.45) is 0 Å². The Labute approximate surface area is 91.6 Å². The molecule has 1 aromatic rings. The van der Waals surface area contributed by atoms with E-state index in [0.29, 0.717) is 0 Å². The van der Waals surface area contributed by atoms with E-state index >= 15 is 0 Å². The van der Waals surface area contributed by atoms with Gasteiger partial charge >= 0.3 is 5.69 Å². The lowest BCUT2D eigenvalue weighted by Gasteiger charge is -1.98. The molecular weight excluding hydrogens is 299 g/mol. The third kappa shape index (κ3) is 2.40. The number of halogens is 2. The Morgan fingerprint density at radius 2 is 2.14 bits per heavy atom. The van der Waals surface area contributed by atoms with E-state index in [4.69, 9.17) is 10.7 Å². The SMILES string of the molecule is O=[N+]([O-])c1cnc(Br)cc1S(=O)(=O)Cl. The first kappa shape index (κ1) is 11.3. The molecule has 0 aliphatic carbocycles. The fourth-order valence-electron chi connectivity index (χ4n) is 0.738. The van der Waals surface area contributed by atoms with Crippen molar-refractivity contribution in [2.75, 3.05) is 0 Å². The minimum absolute atomic E-state index is 0.155. The maximum Gasteiger partial charge on any atom is 0.307 e. The first-order valence-corrected chi connectivity index (χ1v) is 6.17. The van der Waals surface area contributed by atoms with Gasteiger partial charge in [-0.05, 0) is 22.0 Å². The average molecular weight is 302 g/mol. The zero-order chi connectivity index (χ0) is 10.9. The Bertz CT molecular complexity index is 489. The lowest BCUT2D eigenvalue weighted by atomic mass is 10.4. The van der Waals surface area contributed by atoms with Crippen LogP contribution in [0.15, 0.2) is 21.8 Å². The first-order chi connectivity index (χ1) is 6.32. The molecule has 0 N–H and O–H groups in total. The van der Waals surface area contributed by atoms with Crippen LogP contribution >= 0.6 is 26.6 Å². The highest BCUT2D eigenvalue weighted by Crippen LogP contribution is 2.27. The van der Waals surface area contributed by atoms with Crippen molar-refractivity contribution >= 4 is 41.4 Å². The van der Waals surface area contributed by atoms with Gasteiger partial charge in [-0.15, -0.1) is 0 Å². The summed E-state index contributed by atoms with van der Waals surface area (Å²) >= 11 is 2.88. The van der Waals surface area contributed by atoms with Crippen molar-refractivity contribution < 1.29 is 13.3 Å². The van der Waals surface area contributed by atoms with Crippen LogP contribution in [0.4, 0.5) is 5.69 Å². The van der Waals surface area contributed by atoms with Crippen LogP contribution < -0.4 is 0 Å². The van der Waals surface area contributed by atoms with Crippen molar-refractivity contribution in [3.63, 3.8) is 0 Å². The van der Waals surface area contributed by atoms with Gasteiger partial charge in [0.2, 0.25) is 0 Å². The van der Waals surface area contributed by atoms with Gasteiger partial charge in [-0.25, -0.2) is 13.4 Å². The summed E-state index contributed by atoms with van der Waals surface area (Å²) in [6.45, 7) is 0. The predicted octanol–water partition coefficient (Wildman–Crippen LogP) is 1.68. The average Bonchev–Trinajstić information content (AvgIpc) is 2.01. The first-order valence-electron chi connectivity index (χ1n) is 3.07. The summed E-state index contributed by atoms with van der Waals surface area (Å²) in [5.74, 6) is 0. The number of hydrogen-bond acceptors (Lipinski definition) is 5. The maximum atomic E-state index is 10.9. The van der Waals surface area contributed by atoms with E-state index in [9.17, 15) is 18.5 Å². The zero-order valence-corrected chi connectivity index (χ0v) is 9.50. The van der Waals surface area contributed by atoms with E-state index in [2.05, 4.69) is 20.9 Å². The summed E-state index contributed by atoms with van der Waals surface area (Å²) in [5.41, 5.74) is -0.650. The molecule has 0 amide bonds. The summed E-state index contributed by atoms with van der Waals surface area (Å²) in [4.78, 5) is 12.5. The number of pyridine rings is 1. The van der Waals surface area contributed by atoms with Gasteiger partial charge in [0.25, 0.3) is 9.05 Å². The number of hydrogen-bond donors (Lipinski definition) is 0. The van der Waals surface area contributed by atoms with Crippen LogP contribution in [0.3, 0.4) is 0 Å². The summed E-state index contributed by atoms with van der Waals surface area (Å²) in [6, 6.07) is 0.973. The quantitative estimate of drug-likeness (QED) is 0.359. The Hall–Kier alpha value is -0.730. The van der Waals surface area contributed by atoms with Crippen LogP contribution in [-0.2, 0) is 9.05 Å². The number of aromatic nitrogens is 1. The number of nitrogens with zero attached hydrogens (tertiary/aromatic N) is 2. The molecule has 0 aromatic carbocycles. The van der Waals surface area contributed by atoms with Gasteiger partial charge in [0.05, 0.1) is 4.92 Å². The second-order valence-electron chi connectivity index (χ2n) is 2.17. The molecule has 0 fully saturated rings. The van der Waals surface area contributed by atoms with E-state index in [1.54, 1.807) is 0 Å². The molecule has 0 aliphatic heterocycles. The topological polar surface area (TPSA) is 90.2 Å². The fourth-order valence-corrected chi connectivity index (χ4v) is 2.22. The number of rotatable bonds is 2. The van der Waals surface area contributed by atoms with Gasteiger partial charge in [-0.1, -0.05) is 0 Å². The second-order valence-corrected chi connectivity index (χ2v) is 5.52. The molecule has 0 saturated heterocycles. The molecule has 0 spiro atoms. The summed E-state index contributed by atoms with van der Waals surface area (Å²) in [6.07, 6.45) is 0.819. The van der Waals surface area contributed by atoms with Crippen LogP contribution in [-0.4, -0.2) is 18.3 Å². The third-order valence-electron chi connectivity index (χ3n) is 1.27. The molecule has 9 heteroatoms. The van der Waals surface area contributed by atoms with Gasteiger partial charge in [-0.2, -0.15) is 0 Å². The van der Waals surface area contributed by atoms with Crippen LogP contribution in [0.2, 0.25) is 0 Å². The van der Waals surface area contributed by atoms with Crippen molar-refractivity contribution in [1.29, 1.82) is 0 Å². The van der Waals surface area contributed by atoms with Gasteiger partial charge in [0.15, 0.2) is 4.90 Å². The van der Waals surface area contributed by atoms with Crippen molar-refractivity contribution in [2.45, 2.75) is 4.90 Å². The van der Waals surface area contributed by atoms with Crippen molar-refractivity contribution in [3.05, 3.63) is 27.0 Å². The minimum Gasteiger partial charge on any atom is -0.258 e. The van der Waals surface area contributed by atoms with Gasteiger partial charge in [0, 0.05) is 10.7 Å². The molecule has 0 bridgehead atoms. The molecule has 76 valence electrons. The molecule has 14 heavy (non-hydrogen) atoms. The highest BCUT2D eigenvalue weighted by Gasteiger charge is 2.24. The molecule has 0 aliphatic rings. The van der Waals surface area contributed by atoms with E-state index in [0.717, 1.165) is 12.3 Å². The van der Waals surface area contributed by atoms with Gasteiger partial charge in [-0.3, -0.25) is 10.1 Å². The molecule has 0 saturated carbocycles. The number of nitro groups is 1. The lowest BCUT2D eigenvalue weighted by molar-refractivity contribution is -0.388. The Balaban J connectivity index is 3.54. The van der Waals surface area contributed by atoms with Crippen molar-refractivity contribution in [1.82, 2.24) is 4.98 Å². The van der Waals surface area contributed by atoms with E-state index < -0.39 is 24.6 Å². The van der Waals surface area contributed by atoms with Crippen LogP contribution in [0, 0.1) is 10.1 Å². The largest absolute Gasteiger partial charge is 0.307 e. The smallest absolute Gasteiger partial charge is 0.258 e. The van der Waals surface area contributed by atoms with Crippen LogP contribution in [0.1, 0.15) is 0 Å². The lowest BCUT2D eigenvalue weighted by Crippen LogP contribution is -1.99. The molecule has 0 atom stereocenters. The summed E-state index contributed by atoms with van der Waals surface area (Å²) < 4.78 is 22.0. The third-order valence-corrected chi connectivity index (χ3v) is 3.06.